The Kier molecular flexibility index (Phi) is 7.70. The van der Waals surface area contributed by atoms with Gasteiger partial charge in [-0.2, -0.15) is 0 Å². The zero-order valence-electron chi connectivity index (χ0n) is 22.6. The molecule has 3 aromatic rings. The third kappa shape index (κ3) is 4.94. The summed E-state index contributed by atoms with van der Waals surface area (Å²) in [4.78, 5) is 38.6. The molecule has 0 aromatic heterocycles. The van der Waals surface area contributed by atoms with Crippen molar-refractivity contribution in [3.63, 3.8) is 0 Å². The first-order chi connectivity index (χ1) is 21.5. The number of phenolic OH excluding ortho intramolecular Hbond substituents is 8. The molecular formula is C27H22O19. The Balaban J connectivity index is 1.77. The molecule has 3 aromatic carbocycles. The van der Waals surface area contributed by atoms with Crippen molar-refractivity contribution in [3.8, 4) is 68.6 Å². The highest BCUT2D eigenvalue weighted by molar-refractivity contribution is 6.08. The van der Waals surface area contributed by atoms with E-state index in [-0.39, 0.29) is 0 Å². The van der Waals surface area contributed by atoms with Gasteiger partial charge in [-0.15, -0.1) is 0 Å². The van der Waals surface area contributed by atoms with Crippen LogP contribution in [0.3, 0.4) is 0 Å². The van der Waals surface area contributed by atoms with E-state index in [2.05, 4.69) is 0 Å². The first kappa shape index (κ1) is 31.5. The SMILES string of the molecule is O=C(O)c1cc(O)c(O)c(O)c1Oc1cc2c(c(O)c1O)-c1c(cc(O)c(O)c1O)C(=O)O[C@@H]1[C@H](O)[C@H](O)[C@@H](O)O[C@@H]1COC2=O. The summed E-state index contributed by atoms with van der Waals surface area (Å²) < 4.78 is 20.7. The number of cyclic esters (lactones) is 1. The minimum absolute atomic E-state index is 0.457. The van der Waals surface area contributed by atoms with Gasteiger partial charge >= 0.3 is 17.9 Å². The summed E-state index contributed by atoms with van der Waals surface area (Å²) in [6.45, 7) is -0.941. The van der Waals surface area contributed by atoms with Crippen LogP contribution in [-0.2, 0) is 14.2 Å². The highest BCUT2D eigenvalue weighted by Crippen LogP contribution is 2.55. The highest BCUT2D eigenvalue weighted by Gasteiger charge is 2.48. The van der Waals surface area contributed by atoms with Gasteiger partial charge in [0.2, 0.25) is 23.0 Å². The first-order valence-electron chi connectivity index (χ1n) is 12.7. The quantitative estimate of drug-likeness (QED) is 0.127. The number of ether oxygens (including phenoxy) is 4. The number of hydrogen-bond donors (Lipinski definition) is 12. The predicted molar refractivity (Wildman–Crippen MR) is 141 cm³/mol. The topological polar surface area (TPSA) is 331 Å². The summed E-state index contributed by atoms with van der Waals surface area (Å²) in [6, 6.07) is 1.51. The van der Waals surface area contributed by atoms with Crippen LogP contribution in [0.1, 0.15) is 31.1 Å². The van der Waals surface area contributed by atoms with Crippen molar-refractivity contribution in [3.05, 3.63) is 34.9 Å². The van der Waals surface area contributed by atoms with E-state index in [0.717, 1.165) is 0 Å². The average Bonchev–Trinajstić information content (AvgIpc) is 3.02. The number of carbonyl (C=O) groups is 3. The van der Waals surface area contributed by atoms with E-state index in [1.165, 1.54) is 0 Å². The molecular weight excluding hydrogens is 628 g/mol. The number of benzene rings is 3. The zero-order valence-corrected chi connectivity index (χ0v) is 22.6. The molecule has 1 saturated heterocycles. The number of aromatic carboxylic acids is 1. The van der Waals surface area contributed by atoms with Crippen LogP contribution in [0.25, 0.3) is 11.1 Å². The van der Waals surface area contributed by atoms with Crippen molar-refractivity contribution in [2.75, 3.05) is 6.61 Å². The van der Waals surface area contributed by atoms with Crippen molar-refractivity contribution in [2.24, 2.45) is 0 Å². The van der Waals surface area contributed by atoms with E-state index in [4.69, 9.17) is 18.9 Å². The summed E-state index contributed by atoms with van der Waals surface area (Å²) in [5.74, 6) is -17.3. The largest absolute Gasteiger partial charge is 0.504 e. The molecule has 0 saturated carbocycles. The number of carbonyl (C=O) groups excluding carboxylic acids is 2. The molecule has 19 nitrogen and oxygen atoms in total. The molecule has 2 aliphatic heterocycles. The van der Waals surface area contributed by atoms with Crippen molar-refractivity contribution >= 4 is 17.9 Å². The van der Waals surface area contributed by atoms with E-state index >= 15 is 0 Å². The number of hydrogen-bond acceptors (Lipinski definition) is 18. The summed E-state index contributed by atoms with van der Waals surface area (Å²) in [5.41, 5.74) is -4.79. The molecule has 46 heavy (non-hydrogen) atoms. The van der Waals surface area contributed by atoms with Crippen LogP contribution in [0.4, 0.5) is 0 Å². The number of aliphatic hydroxyl groups excluding tert-OH is 3. The lowest BCUT2D eigenvalue weighted by Gasteiger charge is -2.39. The molecule has 2 aliphatic rings. The fourth-order valence-corrected chi connectivity index (χ4v) is 4.81. The van der Waals surface area contributed by atoms with Gasteiger partial charge in [-0.1, -0.05) is 0 Å². The number of phenols is 8. The van der Waals surface area contributed by atoms with Crippen molar-refractivity contribution < 1.29 is 94.6 Å². The molecule has 0 bridgehead atoms. The Hall–Kier alpha value is -5.89. The molecule has 0 amide bonds. The number of aliphatic hydroxyl groups is 3. The van der Waals surface area contributed by atoms with E-state index in [1.807, 2.05) is 0 Å². The normalized spacial score (nSPS) is 22.7. The van der Waals surface area contributed by atoms with Gasteiger partial charge in [0.25, 0.3) is 0 Å². The van der Waals surface area contributed by atoms with Gasteiger partial charge < -0.3 is 80.2 Å². The van der Waals surface area contributed by atoms with Gasteiger partial charge in [0.15, 0.2) is 46.9 Å². The monoisotopic (exact) mass is 650 g/mol. The van der Waals surface area contributed by atoms with E-state index < -0.39 is 141 Å². The van der Waals surface area contributed by atoms with E-state index in [0.29, 0.717) is 18.2 Å². The summed E-state index contributed by atoms with van der Waals surface area (Å²) in [5, 5.41) is 123. The summed E-state index contributed by atoms with van der Waals surface area (Å²) in [7, 11) is 0. The van der Waals surface area contributed by atoms with Crippen LogP contribution in [-0.4, -0.2) is 116 Å². The van der Waals surface area contributed by atoms with Crippen LogP contribution in [0.5, 0.6) is 57.5 Å². The van der Waals surface area contributed by atoms with Crippen molar-refractivity contribution in [1.82, 2.24) is 0 Å². The molecule has 5 atom stereocenters. The number of fused-ring (bicyclic) bond motifs is 4. The van der Waals surface area contributed by atoms with Crippen LogP contribution in [0.2, 0.25) is 0 Å². The maximum absolute atomic E-state index is 13.5. The molecule has 0 unspecified atom stereocenters. The lowest BCUT2D eigenvalue weighted by Crippen LogP contribution is -2.60. The Morgan fingerprint density at radius 1 is 0.717 bits per heavy atom. The Morgan fingerprint density at radius 3 is 1.91 bits per heavy atom. The lowest BCUT2D eigenvalue weighted by molar-refractivity contribution is -0.285. The van der Waals surface area contributed by atoms with Gasteiger partial charge in [0.1, 0.15) is 30.5 Å². The second kappa shape index (κ2) is 11.2. The second-order valence-corrected chi connectivity index (χ2v) is 9.90. The lowest BCUT2D eigenvalue weighted by atomic mass is 9.91. The van der Waals surface area contributed by atoms with Gasteiger partial charge in [-0.3, -0.25) is 0 Å². The number of rotatable bonds is 3. The van der Waals surface area contributed by atoms with Crippen molar-refractivity contribution in [1.29, 1.82) is 0 Å². The third-order valence-corrected chi connectivity index (χ3v) is 7.11. The Bertz CT molecular complexity index is 1800. The maximum atomic E-state index is 13.5. The van der Waals surface area contributed by atoms with Crippen molar-refractivity contribution in [2.45, 2.75) is 30.7 Å². The maximum Gasteiger partial charge on any atom is 0.339 e. The molecule has 244 valence electrons. The standard InChI is InChI=1S/C27H22O19/c28-8-1-5-12(17(33)14(8)30)13-6(25(40)43-4-11-23(46-26(5)41)20(36)21(37)27(42)45-11)3-10(16(32)18(13)34)44-22-7(24(38)39)2-9(29)15(31)19(22)35/h1-3,11,20-21,23,27-37,42H,4H2,(H,38,39)/t11-,20-,21+,23+,27+/m1/s1. The van der Waals surface area contributed by atoms with E-state index in [9.17, 15) is 75.7 Å². The third-order valence-electron chi connectivity index (χ3n) is 7.11. The Labute approximate surface area is 253 Å². The van der Waals surface area contributed by atoms with Gasteiger partial charge in [0, 0.05) is 23.3 Å². The molecule has 5 rings (SSSR count). The minimum atomic E-state index is -2.07. The summed E-state index contributed by atoms with van der Waals surface area (Å²) in [6.07, 6.45) is -9.73. The average molecular weight is 650 g/mol. The molecule has 0 aliphatic carbocycles. The van der Waals surface area contributed by atoms with Gasteiger partial charge in [-0.05, 0) is 6.07 Å². The Morgan fingerprint density at radius 2 is 1.28 bits per heavy atom. The van der Waals surface area contributed by atoms with Gasteiger partial charge in [-0.25, -0.2) is 14.4 Å². The van der Waals surface area contributed by atoms with E-state index in [1.54, 1.807) is 0 Å². The van der Waals surface area contributed by atoms with Crippen LogP contribution in [0, 0.1) is 0 Å². The summed E-state index contributed by atoms with van der Waals surface area (Å²) >= 11 is 0. The molecule has 1 fully saturated rings. The molecule has 19 heteroatoms. The van der Waals surface area contributed by atoms with Crippen LogP contribution in [0.15, 0.2) is 18.2 Å². The number of carboxylic acids is 1. The minimum Gasteiger partial charge on any atom is -0.504 e. The molecule has 2 heterocycles. The first-order valence-corrected chi connectivity index (χ1v) is 12.7. The fraction of sp³-hybridized carbons (Fsp3) is 0.222. The fourth-order valence-electron chi connectivity index (χ4n) is 4.81. The predicted octanol–water partition coefficient (Wildman–Crippen LogP) is -0.376. The second-order valence-electron chi connectivity index (χ2n) is 9.90. The number of carboxylic acid groups (broad SMARTS) is 1. The van der Waals surface area contributed by atoms with Crippen LogP contribution < -0.4 is 4.74 Å². The molecule has 0 spiro atoms. The zero-order chi connectivity index (χ0) is 33.9. The molecule has 0 radical (unpaired) electrons. The van der Waals surface area contributed by atoms with Crippen LogP contribution >= 0.6 is 0 Å². The molecule has 12 N–H and O–H groups in total. The van der Waals surface area contributed by atoms with Gasteiger partial charge in [0.05, 0.1) is 11.1 Å². The smallest absolute Gasteiger partial charge is 0.339 e. The number of esters is 2. The number of aromatic hydroxyl groups is 8. The highest BCUT2D eigenvalue weighted by atomic mass is 16.7.